The Morgan fingerprint density at radius 3 is 1.20 bits per heavy atom. The van der Waals surface area contributed by atoms with Crippen LogP contribution in [0.2, 0.25) is 0 Å². The second-order valence-electron chi connectivity index (χ2n) is 21.1. The molecule has 0 aromatic rings. The van der Waals surface area contributed by atoms with Crippen molar-refractivity contribution < 1.29 is 38.2 Å². The van der Waals surface area contributed by atoms with Crippen LogP contribution in [0.15, 0.2) is 0 Å². The largest absolute Gasteiger partial charge is 0.444 e. The Hall–Kier alpha value is -4.54. The fourth-order valence-corrected chi connectivity index (χ4v) is 9.64. The van der Waals surface area contributed by atoms with Crippen molar-refractivity contribution in [1.29, 1.82) is 0 Å². The van der Waals surface area contributed by atoms with Crippen molar-refractivity contribution in [3.8, 4) is 24.1 Å². The molecule has 16 nitrogen and oxygen atoms in total. The first-order valence-corrected chi connectivity index (χ1v) is 24.7. The van der Waals surface area contributed by atoms with Crippen LogP contribution in [-0.4, -0.2) is 134 Å². The van der Waals surface area contributed by atoms with Gasteiger partial charge < -0.3 is 51.2 Å². The SMILES string of the molecule is CN[C@@H](C)C(=O)N[C@H](C(=O)N1CCC[C@H]1C(=O)N[C@H](COC#CC#COC[C@@H](NC(=O)[C@@H]1CCCN1C(=O)[C@@H](NC(=O)[C@H](C)NC)C(C)(C)C)C1CCCCC1)C1CCCCC1)C(C)(C)C. The van der Waals surface area contributed by atoms with E-state index in [-0.39, 0.29) is 72.6 Å². The van der Waals surface area contributed by atoms with Gasteiger partial charge in [-0.15, -0.1) is 0 Å². The lowest BCUT2D eigenvalue weighted by atomic mass is 9.84. The number of likely N-dealkylation sites (tertiary alicyclic amines) is 2. The van der Waals surface area contributed by atoms with E-state index < -0.39 is 47.1 Å². The molecule has 8 atom stereocenters. The summed E-state index contributed by atoms with van der Waals surface area (Å²) < 4.78 is 11.6. The first kappa shape index (κ1) is 54.1. The quantitative estimate of drug-likeness (QED) is 0.111. The Bertz CT molecular complexity index is 1650. The fraction of sp³-hybridized carbons (Fsp3) is 0.800. The number of hydrogen-bond donors (Lipinski definition) is 6. The summed E-state index contributed by atoms with van der Waals surface area (Å²) >= 11 is 0. The maximum Gasteiger partial charge on any atom is 0.246 e. The summed E-state index contributed by atoms with van der Waals surface area (Å²) in [7, 11) is 3.38. The molecule has 0 spiro atoms. The molecule has 4 aliphatic rings. The van der Waals surface area contributed by atoms with Crippen LogP contribution in [0.4, 0.5) is 0 Å². The molecule has 0 aromatic carbocycles. The molecule has 66 heavy (non-hydrogen) atoms. The predicted octanol–water partition coefficient (Wildman–Crippen LogP) is 3.33. The maximum absolute atomic E-state index is 14.0. The van der Waals surface area contributed by atoms with Gasteiger partial charge in [0, 0.05) is 24.9 Å². The Morgan fingerprint density at radius 2 is 0.879 bits per heavy atom. The molecule has 16 heteroatoms. The smallest absolute Gasteiger partial charge is 0.246 e. The highest BCUT2D eigenvalue weighted by Gasteiger charge is 2.45. The van der Waals surface area contributed by atoms with Gasteiger partial charge in [-0.2, -0.15) is 0 Å². The number of carbonyl (C=O) groups excluding carboxylic acids is 6. The second kappa shape index (κ2) is 25.6. The third-order valence-electron chi connectivity index (χ3n) is 14.1. The zero-order valence-electron chi connectivity index (χ0n) is 41.7. The number of rotatable bonds is 18. The summed E-state index contributed by atoms with van der Waals surface area (Å²) in [6.45, 7) is 16.1. The van der Waals surface area contributed by atoms with Crippen LogP contribution in [0.5, 0.6) is 0 Å². The van der Waals surface area contributed by atoms with E-state index in [0.29, 0.717) is 38.8 Å². The minimum Gasteiger partial charge on any atom is -0.444 e. The lowest BCUT2D eigenvalue weighted by Gasteiger charge is -2.36. The number of hydrogen-bond acceptors (Lipinski definition) is 10. The van der Waals surface area contributed by atoms with Crippen molar-refractivity contribution in [3.05, 3.63) is 0 Å². The molecule has 2 aliphatic carbocycles. The van der Waals surface area contributed by atoms with Crippen LogP contribution in [0, 0.1) is 46.7 Å². The van der Waals surface area contributed by atoms with Crippen LogP contribution in [0.25, 0.3) is 0 Å². The molecule has 0 unspecified atom stereocenters. The van der Waals surface area contributed by atoms with Gasteiger partial charge in [0.2, 0.25) is 35.4 Å². The minimum absolute atomic E-state index is 0.156. The number of nitrogens with one attached hydrogen (secondary N) is 6. The molecule has 2 heterocycles. The molecular weight excluding hydrogens is 841 g/mol. The molecular formula is C50H82N8O8. The van der Waals surface area contributed by atoms with Crippen LogP contribution in [0.3, 0.4) is 0 Å². The van der Waals surface area contributed by atoms with Gasteiger partial charge >= 0.3 is 0 Å². The standard InChI is InChI=1S/C50H82N8O8/c1-33(51-9)43(59)55-41(49(3,4)5)47(63)57-27-19-25-39(57)45(61)53-37(35-21-13-11-14-22-35)31-65-29-17-18-30-66-32-38(36-23-15-12-16-24-36)54-46(62)40-26-20-28-58(40)48(64)42(50(6,7)8)56-44(60)34(2)52-10/h33-42,51-52H,11-16,19-28,31-32H2,1-10H3,(H,53,61)(H,54,62)(H,55,59)(H,56,60)/t33-,34-,37+,38+,39-,40-,41+,42+/m0/s1. The Labute approximate surface area is 395 Å². The summed E-state index contributed by atoms with van der Waals surface area (Å²) in [6, 6.07) is -4.49. The zero-order chi connectivity index (χ0) is 48.6. The number of nitrogens with zero attached hydrogens (tertiary/aromatic N) is 2. The average molecular weight is 923 g/mol. The summed E-state index contributed by atoms with van der Waals surface area (Å²) in [5.74, 6) is 4.27. The highest BCUT2D eigenvalue weighted by atomic mass is 16.5. The topological polar surface area (TPSA) is 200 Å². The first-order chi connectivity index (χ1) is 31.3. The number of carbonyl (C=O) groups is 6. The van der Waals surface area contributed by atoms with Crippen molar-refractivity contribution in [1.82, 2.24) is 41.7 Å². The lowest BCUT2D eigenvalue weighted by Crippen LogP contribution is -2.60. The molecule has 0 bridgehead atoms. The van der Waals surface area contributed by atoms with Gasteiger partial charge in [-0.3, -0.25) is 28.8 Å². The van der Waals surface area contributed by atoms with E-state index in [2.05, 4.69) is 56.0 Å². The van der Waals surface area contributed by atoms with Crippen LogP contribution < -0.4 is 31.9 Å². The normalized spacial score (nSPS) is 22.2. The lowest BCUT2D eigenvalue weighted by molar-refractivity contribution is -0.144. The van der Waals surface area contributed by atoms with E-state index in [9.17, 15) is 28.8 Å². The minimum atomic E-state index is -0.800. The van der Waals surface area contributed by atoms with Gasteiger partial charge in [0.15, 0.2) is 0 Å². The third kappa shape index (κ3) is 15.5. The molecule has 6 N–H and O–H groups in total. The van der Waals surface area contributed by atoms with Gasteiger partial charge in [0.05, 0.1) is 24.2 Å². The van der Waals surface area contributed by atoms with E-state index in [1.165, 1.54) is 0 Å². The van der Waals surface area contributed by atoms with Crippen molar-refractivity contribution in [2.75, 3.05) is 40.4 Å². The first-order valence-electron chi connectivity index (χ1n) is 24.7. The van der Waals surface area contributed by atoms with Crippen molar-refractivity contribution in [2.45, 2.75) is 194 Å². The molecule has 4 fully saturated rings. The van der Waals surface area contributed by atoms with Crippen molar-refractivity contribution >= 4 is 35.4 Å². The number of likely N-dealkylation sites (N-methyl/N-ethyl adjacent to an activating group) is 2. The zero-order valence-corrected chi connectivity index (χ0v) is 41.7. The molecule has 2 saturated carbocycles. The number of amides is 6. The van der Waals surface area contributed by atoms with Crippen molar-refractivity contribution in [2.24, 2.45) is 22.7 Å². The molecule has 0 radical (unpaired) electrons. The Balaban J connectivity index is 1.37. The predicted molar refractivity (Wildman–Crippen MR) is 254 cm³/mol. The molecule has 2 saturated heterocycles. The van der Waals surface area contributed by atoms with Crippen LogP contribution in [0.1, 0.15) is 145 Å². The molecule has 4 rings (SSSR count). The summed E-state index contributed by atoms with van der Waals surface area (Å²) in [5.41, 5.74) is -1.15. The summed E-state index contributed by atoms with van der Waals surface area (Å²) in [4.78, 5) is 84.9. The Morgan fingerprint density at radius 1 is 0.530 bits per heavy atom. The van der Waals surface area contributed by atoms with E-state index in [1.54, 1.807) is 37.7 Å². The van der Waals surface area contributed by atoms with Gasteiger partial charge in [0.25, 0.3) is 0 Å². The van der Waals surface area contributed by atoms with Crippen LogP contribution in [-0.2, 0) is 38.2 Å². The van der Waals surface area contributed by atoms with E-state index in [4.69, 9.17) is 9.47 Å². The van der Waals surface area contributed by atoms with Gasteiger partial charge in [-0.25, -0.2) is 0 Å². The highest BCUT2D eigenvalue weighted by Crippen LogP contribution is 2.31. The van der Waals surface area contributed by atoms with E-state index in [1.807, 2.05) is 41.5 Å². The van der Waals surface area contributed by atoms with E-state index in [0.717, 1.165) is 64.2 Å². The second-order valence-corrected chi connectivity index (χ2v) is 21.1. The molecule has 370 valence electrons. The Kier molecular flexibility index (Phi) is 20.9. The van der Waals surface area contributed by atoms with Crippen LogP contribution >= 0.6 is 0 Å². The van der Waals surface area contributed by atoms with Gasteiger partial charge in [-0.05, 0) is 102 Å². The van der Waals surface area contributed by atoms with Gasteiger partial charge in [-0.1, -0.05) is 80.1 Å². The van der Waals surface area contributed by atoms with Gasteiger partial charge in [0.1, 0.15) is 49.6 Å². The molecule has 0 aromatic heterocycles. The fourth-order valence-electron chi connectivity index (χ4n) is 9.64. The summed E-state index contributed by atoms with van der Waals surface area (Å²) in [5, 5.41) is 18.1. The number of ether oxygens (including phenoxy) is 2. The van der Waals surface area contributed by atoms with E-state index >= 15 is 0 Å². The highest BCUT2D eigenvalue weighted by molar-refractivity contribution is 5.95. The average Bonchev–Trinajstić information content (AvgIpc) is 4.00. The summed E-state index contributed by atoms with van der Waals surface area (Å²) in [6.07, 6.45) is 18.1. The monoisotopic (exact) mass is 923 g/mol. The third-order valence-corrected chi connectivity index (χ3v) is 14.1. The molecule has 2 aliphatic heterocycles. The molecule has 6 amide bonds. The maximum atomic E-state index is 14.0. The van der Waals surface area contributed by atoms with Crippen molar-refractivity contribution in [3.63, 3.8) is 0 Å².